The Balaban J connectivity index is -0.00000243. The van der Waals surface area contributed by atoms with E-state index in [1.165, 1.54) is 57.8 Å². The number of amides is 1. The fourth-order valence-corrected chi connectivity index (χ4v) is 3.75. The minimum Gasteiger partial charge on any atom is -0.810 e. The molecule has 0 spiro atoms. The molecule has 3 N–H and O–H groups in total. The van der Waals surface area contributed by atoms with Gasteiger partial charge in [-0.05, 0) is 24.1 Å². The van der Waals surface area contributed by atoms with Gasteiger partial charge in [0.1, 0.15) is 0 Å². The molecule has 0 unspecified atom stereocenters. The first-order chi connectivity index (χ1) is 12.9. The van der Waals surface area contributed by atoms with Gasteiger partial charge in [0.15, 0.2) is 0 Å². The normalized spacial score (nSPS) is 10.4. The second-order valence-corrected chi connectivity index (χ2v) is 8.84. The minimum absolute atomic E-state index is 0. The molecule has 0 aliphatic heterocycles. The first-order valence-corrected chi connectivity index (χ1v) is 12.0. The number of nitrogens with one attached hydrogen (secondary N) is 1. The third-order valence-corrected chi connectivity index (χ3v) is 5.37. The van der Waals surface area contributed by atoms with Crippen molar-refractivity contribution in [2.45, 2.75) is 90.1 Å². The molecule has 162 valence electrons. The van der Waals surface area contributed by atoms with Crippen LogP contribution in [0.5, 0.6) is 0 Å². The van der Waals surface area contributed by atoms with Crippen LogP contribution in [0.15, 0.2) is 24.3 Å². The maximum Gasteiger partial charge on any atom is 1.00 e. The summed E-state index contributed by atoms with van der Waals surface area (Å²) in [5, 5.41) is 2.80. The molecular weight excluding hydrogens is 423 g/mol. The summed E-state index contributed by atoms with van der Waals surface area (Å²) in [5.74, 6) is -0.0306. The van der Waals surface area contributed by atoms with E-state index in [4.69, 9.17) is 0 Å². The SMILES string of the molecule is CCCCCCCCCCCCCC(=O)Nc1ccc(CP(=O)([O-])[O-])cc1.O.[Na+].[Na+]. The summed E-state index contributed by atoms with van der Waals surface area (Å²) in [4.78, 5) is 33.4. The van der Waals surface area contributed by atoms with E-state index in [0.29, 0.717) is 17.7 Å². The van der Waals surface area contributed by atoms with Gasteiger partial charge in [0.05, 0.1) is 0 Å². The van der Waals surface area contributed by atoms with Crippen molar-refractivity contribution in [1.82, 2.24) is 0 Å². The average Bonchev–Trinajstić information content (AvgIpc) is 2.60. The van der Waals surface area contributed by atoms with E-state index >= 15 is 0 Å². The van der Waals surface area contributed by atoms with E-state index in [2.05, 4.69) is 12.2 Å². The van der Waals surface area contributed by atoms with Crippen LogP contribution < -0.4 is 74.2 Å². The van der Waals surface area contributed by atoms with Crippen molar-refractivity contribution in [1.29, 1.82) is 0 Å². The fraction of sp³-hybridized carbons (Fsp3) is 0.667. The van der Waals surface area contributed by atoms with Crippen LogP contribution in [0.25, 0.3) is 0 Å². The molecule has 0 fully saturated rings. The first-order valence-electron chi connectivity index (χ1n) is 10.3. The third kappa shape index (κ3) is 20.7. The van der Waals surface area contributed by atoms with Crippen molar-refractivity contribution in [3.05, 3.63) is 29.8 Å². The van der Waals surface area contributed by atoms with Gasteiger partial charge in [0.2, 0.25) is 5.91 Å². The zero-order valence-electron chi connectivity index (χ0n) is 19.1. The molecule has 1 aromatic carbocycles. The maximum absolute atomic E-state index is 11.9. The van der Waals surface area contributed by atoms with Crippen molar-refractivity contribution in [3.63, 3.8) is 0 Å². The van der Waals surface area contributed by atoms with Gasteiger partial charge >= 0.3 is 59.1 Å². The minimum atomic E-state index is -4.55. The van der Waals surface area contributed by atoms with E-state index < -0.39 is 13.8 Å². The topological polar surface area (TPSA) is 124 Å². The summed E-state index contributed by atoms with van der Waals surface area (Å²) in [6.07, 6.45) is 13.7. The monoisotopic (exact) mass is 459 g/mol. The third-order valence-electron chi connectivity index (χ3n) is 4.62. The molecule has 0 saturated carbocycles. The molecular formula is C21H36NNa2O5P. The second kappa shape index (κ2) is 21.6. The van der Waals surface area contributed by atoms with Crippen molar-refractivity contribution in [2.24, 2.45) is 0 Å². The van der Waals surface area contributed by atoms with Gasteiger partial charge < -0.3 is 25.1 Å². The number of hydrogen-bond donors (Lipinski definition) is 1. The van der Waals surface area contributed by atoms with Gasteiger partial charge in [0, 0.05) is 18.3 Å². The predicted molar refractivity (Wildman–Crippen MR) is 111 cm³/mol. The molecule has 0 heterocycles. The number of carbonyl (C=O) groups is 1. The smallest absolute Gasteiger partial charge is 0.810 e. The fourth-order valence-electron chi connectivity index (χ4n) is 3.09. The van der Waals surface area contributed by atoms with Crippen LogP contribution in [0.4, 0.5) is 5.69 Å². The zero-order valence-corrected chi connectivity index (χ0v) is 24.0. The average molecular weight is 459 g/mol. The number of carbonyl (C=O) groups excluding carboxylic acids is 1. The Bertz CT molecular complexity index is 581. The number of benzene rings is 1. The van der Waals surface area contributed by atoms with Crippen LogP contribution in [0.1, 0.15) is 89.5 Å². The Morgan fingerprint density at radius 3 is 1.70 bits per heavy atom. The van der Waals surface area contributed by atoms with Gasteiger partial charge in [-0.3, -0.25) is 4.79 Å². The van der Waals surface area contributed by atoms with E-state index in [1.807, 2.05) is 0 Å². The summed E-state index contributed by atoms with van der Waals surface area (Å²) in [5.41, 5.74) is 1.06. The Labute approximate surface area is 226 Å². The van der Waals surface area contributed by atoms with Crippen molar-refractivity contribution >= 4 is 19.2 Å². The molecule has 0 atom stereocenters. The van der Waals surface area contributed by atoms with Crippen LogP contribution in [-0.2, 0) is 15.5 Å². The summed E-state index contributed by atoms with van der Waals surface area (Å²) >= 11 is 0. The molecule has 6 nitrogen and oxygen atoms in total. The largest absolute Gasteiger partial charge is 1.00 e. The van der Waals surface area contributed by atoms with Gasteiger partial charge in [-0.2, -0.15) is 0 Å². The van der Waals surface area contributed by atoms with Gasteiger partial charge in [-0.1, -0.05) is 90.9 Å². The van der Waals surface area contributed by atoms with Crippen LogP contribution in [-0.4, -0.2) is 11.4 Å². The molecule has 0 saturated heterocycles. The Morgan fingerprint density at radius 1 is 0.833 bits per heavy atom. The zero-order chi connectivity index (χ0) is 20.0. The Hall–Kier alpha value is 0.800. The summed E-state index contributed by atoms with van der Waals surface area (Å²) in [6.45, 7) is 2.24. The molecule has 0 aromatic heterocycles. The maximum atomic E-state index is 11.9. The van der Waals surface area contributed by atoms with E-state index in [1.54, 1.807) is 24.3 Å². The molecule has 30 heavy (non-hydrogen) atoms. The van der Waals surface area contributed by atoms with Crippen LogP contribution in [0.2, 0.25) is 0 Å². The van der Waals surface area contributed by atoms with Gasteiger partial charge in [-0.25, -0.2) is 0 Å². The molecule has 0 bridgehead atoms. The van der Waals surface area contributed by atoms with Crippen molar-refractivity contribution in [2.75, 3.05) is 5.32 Å². The Morgan fingerprint density at radius 2 is 1.27 bits per heavy atom. The van der Waals surface area contributed by atoms with E-state index in [-0.39, 0.29) is 70.5 Å². The summed E-state index contributed by atoms with van der Waals surface area (Å²) in [7, 11) is -4.55. The predicted octanol–water partition coefficient (Wildman–Crippen LogP) is -2.08. The van der Waals surface area contributed by atoms with Crippen LogP contribution >= 0.6 is 7.60 Å². The molecule has 0 aliphatic carbocycles. The first kappa shape index (κ1) is 35.4. The molecule has 9 heteroatoms. The number of anilines is 1. The number of hydrogen-bond acceptors (Lipinski definition) is 4. The molecule has 0 radical (unpaired) electrons. The molecule has 1 aromatic rings. The van der Waals surface area contributed by atoms with E-state index in [9.17, 15) is 19.1 Å². The molecule has 1 amide bonds. The van der Waals surface area contributed by atoms with Gasteiger partial charge in [0.25, 0.3) is 0 Å². The van der Waals surface area contributed by atoms with Crippen LogP contribution in [0.3, 0.4) is 0 Å². The van der Waals surface area contributed by atoms with Crippen molar-refractivity contribution in [3.8, 4) is 0 Å². The number of rotatable bonds is 15. The summed E-state index contributed by atoms with van der Waals surface area (Å²) < 4.78 is 10.7. The summed E-state index contributed by atoms with van der Waals surface area (Å²) in [6, 6.07) is 6.37. The second-order valence-electron chi connectivity index (χ2n) is 7.30. The van der Waals surface area contributed by atoms with Crippen molar-refractivity contribution < 1.29 is 83.7 Å². The van der Waals surface area contributed by atoms with Gasteiger partial charge in [-0.15, -0.1) is 0 Å². The van der Waals surface area contributed by atoms with Crippen LogP contribution in [0, 0.1) is 0 Å². The molecule has 1 rings (SSSR count). The quantitative estimate of drug-likeness (QED) is 0.184. The Kier molecular flexibility index (Phi) is 25.5. The standard InChI is InChI=1S/C21H36NO4P.2Na.H2O/c1-2-3-4-5-6-7-8-9-10-11-12-13-21(23)22-20-16-14-19(15-17-20)18-27(24,25)26;;;/h14-17H,2-13,18H2,1H3,(H,22,23)(H2,24,25,26);;;1H2/q;2*+1;/p-2. The number of unbranched alkanes of at least 4 members (excludes halogenated alkanes) is 10. The van der Waals surface area contributed by atoms with E-state index in [0.717, 1.165) is 12.8 Å². The molecule has 0 aliphatic rings.